The lowest BCUT2D eigenvalue weighted by atomic mass is 10.1. The Kier molecular flexibility index (Phi) is 4.37. The van der Waals surface area contributed by atoms with Gasteiger partial charge in [-0.3, -0.25) is 4.79 Å². The molecular weight excluding hydrogens is 326 g/mol. The van der Waals surface area contributed by atoms with Crippen LogP contribution in [0.3, 0.4) is 0 Å². The van der Waals surface area contributed by atoms with Gasteiger partial charge in [0.15, 0.2) is 0 Å². The molecule has 3 aromatic rings. The van der Waals surface area contributed by atoms with Gasteiger partial charge in [0.1, 0.15) is 11.6 Å². The van der Waals surface area contributed by atoms with Crippen LogP contribution in [0.2, 0.25) is 0 Å². The van der Waals surface area contributed by atoms with Crippen molar-refractivity contribution in [3.8, 4) is 5.75 Å². The largest absolute Gasteiger partial charge is 0.495 e. The van der Waals surface area contributed by atoms with E-state index in [1.54, 1.807) is 7.11 Å². The highest BCUT2D eigenvalue weighted by Gasteiger charge is 2.35. The molecule has 134 valence electrons. The number of benzene rings is 2. The second-order valence-corrected chi connectivity index (χ2v) is 6.69. The molecule has 26 heavy (non-hydrogen) atoms. The van der Waals surface area contributed by atoms with Crippen molar-refractivity contribution < 1.29 is 9.53 Å². The number of aromatic nitrogens is 2. The van der Waals surface area contributed by atoms with Crippen molar-refractivity contribution in [2.75, 3.05) is 18.6 Å². The lowest BCUT2D eigenvalue weighted by Crippen LogP contribution is -2.25. The van der Waals surface area contributed by atoms with Crippen LogP contribution in [0, 0.1) is 0 Å². The van der Waals surface area contributed by atoms with E-state index in [9.17, 15) is 4.79 Å². The molecule has 1 aliphatic rings. The van der Waals surface area contributed by atoms with Gasteiger partial charge in [-0.05, 0) is 30.7 Å². The van der Waals surface area contributed by atoms with Crippen molar-refractivity contribution in [2.45, 2.75) is 32.2 Å². The van der Waals surface area contributed by atoms with E-state index < -0.39 is 0 Å². The predicted molar refractivity (Wildman–Crippen MR) is 103 cm³/mol. The van der Waals surface area contributed by atoms with Gasteiger partial charge < -0.3 is 14.2 Å². The summed E-state index contributed by atoms with van der Waals surface area (Å²) < 4.78 is 7.72. The molecule has 1 unspecified atom stereocenters. The fraction of sp³-hybridized carbons (Fsp3) is 0.333. The average Bonchev–Trinajstić information content (AvgIpc) is 3.23. The summed E-state index contributed by atoms with van der Waals surface area (Å²) in [6.45, 7) is 3.71. The molecule has 1 aliphatic heterocycles. The molecule has 1 aromatic heterocycles. The van der Waals surface area contributed by atoms with Crippen LogP contribution in [0.1, 0.15) is 31.5 Å². The maximum atomic E-state index is 12.7. The lowest BCUT2D eigenvalue weighted by molar-refractivity contribution is -0.117. The SMILES string of the molecule is CCCn1c(C2CC(=O)N(c3ccccc3OC)C2)nc2ccccc21. The molecule has 0 N–H and O–H groups in total. The standard InChI is InChI=1S/C21H23N3O2/c1-3-12-23-17-9-5-4-8-16(17)22-21(23)15-13-20(25)24(14-15)18-10-6-7-11-19(18)26-2/h4-11,15H,3,12-14H2,1-2H3. The normalized spacial score (nSPS) is 17.2. The number of fused-ring (bicyclic) bond motifs is 1. The minimum Gasteiger partial charge on any atom is -0.495 e. The third kappa shape index (κ3) is 2.73. The molecule has 1 saturated heterocycles. The van der Waals surface area contributed by atoms with Crippen LogP contribution in [0.25, 0.3) is 11.0 Å². The van der Waals surface area contributed by atoms with Crippen LogP contribution in [0.5, 0.6) is 5.75 Å². The predicted octanol–water partition coefficient (Wildman–Crippen LogP) is 3.98. The maximum absolute atomic E-state index is 12.7. The topological polar surface area (TPSA) is 47.4 Å². The van der Waals surface area contributed by atoms with Crippen molar-refractivity contribution in [3.05, 3.63) is 54.4 Å². The minimum absolute atomic E-state index is 0.0892. The van der Waals surface area contributed by atoms with Crippen molar-refractivity contribution >= 4 is 22.6 Å². The third-order valence-corrected chi connectivity index (χ3v) is 5.00. The van der Waals surface area contributed by atoms with Crippen LogP contribution in [0.15, 0.2) is 48.5 Å². The first-order valence-corrected chi connectivity index (χ1v) is 9.11. The van der Waals surface area contributed by atoms with Crippen LogP contribution in [-0.4, -0.2) is 29.1 Å². The second kappa shape index (κ2) is 6.83. The Morgan fingerprint density at radius 1 is 1.15 bits per heavy atom. The van der Waals surface area contributed by atoms with E-state index in [0.29, 0.717) is 13.0 Å². The van der Waals surface area contributed by atoms with E-state index in [0.717, 1.165) is 41.3 Å². The summed E-state index contributed by atoms with van der Waals surface area (Å²) in [6, 6.07) is 15.9. The number of hydrogen-bond donors (Lipinski definition) is 0. The molecule has 2 heterocycles. The Labute approximate surface area is 153 Å². The zero-order valence-corrected chi connectivity index (χ0v) is 15.2. The van der Waals surface area contributed by atoms with E-state index in [1.165, 1.54) is 0 Å². The van der Waals surface area contributed by atoms with E-state index in [-0.39, 0.29) is 11.8 Å². The first-order valence-electron chi connectivity index (χ1n) is 9.11. The third-order valence-electron chi connectivity index (χ3n) is 5.00. The van der Waals surface area contributed by atoms with Gasteiger partial charge in [0, 0.05) is 25.4 Å². The van der Waals surface area contributed by atoms with E-state index in [2.05, 4.69) is 17.6 Å². The highest BCUT2D eigenvalue weighted by Crippen LogP contribution is 2.37. The quantitative estimate of drug-likeness (QED) is 0.700. The summed E-state index contributed by atoms with van der Waals surface area (Å²) in [4.78, 5) is 19.4. The number of hydrogen-bond acceptors (Lipinski definition) is 3. The zero-order valence-electron chi connectivity index (χ0n) is 15.2. The van der Waals surface area contributed by atoms with Crippen LogP contribution >= 0.6 is 0 Å². The number of ether oxygens (including phenoxy) is 1. The van der Waals surface area contributed by atoms with Crippen molar-refractivity contribution in [1.82, 2.24) is 9.55 Å². The molecule has 5 heteroatoms. The molecule has 0 radical (unpaired) electrons. The second-order valence-electron chi connectivity index (χ2n) is 6.69. The molecule has 1 fully saturated rings. The number of carbonyl (C=O) groups is 1. The van der Waals surface area contributed by atoms with Crippen LogP contribution < -0.4 is 9.64 Å². The highest BCUT2D eigenvalue weighted by molar-refractivity contribution is 5.97. The number of rotatable bonds is 5. The summed E-state index contributed by atoms with van der Waals surface area (Å²) in [7, 11) is 1.64. The number of aryl methyl sites for hydroxylation is 1. The lowest BCUT2D eigenvalue weighted by Gasteiger charge is -2.19. The van der Waals surface area contributed by atoms with E-state index in [1.807, 2.05) is 47.4 Å². The van der Waals surface area contributed by atoms with Gasteiger partial charge >= 0.3 is 0 Å². The average molecular weight is 349 g/mol. The Morgan fingerprint density at radius 2 is 1.92 bits per heavy atom. The summed E-state index contributed by atoms with van der Waals surface area (Å²) in [5.74, 6) is 1.95. The molecule has 4 rings (SSSR count). The molecule has 0 bridgehead atoms. The Bertz CT molecular complexity index is 947. The van der Waals surface area contributed by atoms with E-state index in [4.69, 9.17) is 9.72 Å². The van der Waals surface area contributed by atoms with Crippen molar-refractivity contribution in [3.63, 3.8) is 0 Å². The first kappa shape index (κ1) is 16.6. The molecule has 5 nitrogen and oxygen atoms in total. The van der Waals surface area contributed by atoms with Crippen LogP contribution in [0.4, 0.5) is 5.69 Å². The smallest absolute Gasteiger partial charge is 0.227 e. The number of carbonyl (C=O) groups excluding carboxylic acids is 1. The van der Waals surface area contributed by atoms with Gasteiger partial charge in [0.2, 0.25) is 5.91 Å². The maximum Gasteiger partial charge on any atom is 0.227 e. The number of amides is 1. The fourth-order valence-electron chi connectivity index (χ4n) is 3.83. The fourth-order valence-corrected chi connectivity index (χ4v) is 3.83. The Morgan fingerprint density at radius 3 is 2.73 bits per heavy atom. The highest BCUT2D eigenvalue weighted by atomic mass is 16.5. The molecule has 0 aliphatic carbocycles. The van der Waals surface area contributed by atoms with E-state index >= 15 is 0 Å². The van der Waals surface area contributed by atoms with Crippen LogP contribution in [-0.2, 0) is 11.3 Å². The minimum atomic E-state index is 0.0892. The molecule has 2 aromatic carbocycles. The summed E-state index contributed by atoms with van der Waals surface area (Å²) >= 11 is 0. The molecule has 0 spiro atoms. The van der Waals surface area contributed by atoms with Crippen molar-refractivity contribution in [2.24, 2.45) is 0 Å². The van der Waals surface area contributed by atoms with Gasteiger partial charge in [-0.15, -0.1) is 0 Å². The molecule has 0 saturated carbocycles. The summed E-state index contributed by atoms with van der Waals surface area (Å²) in [5, 5.41) is 0. The molecule has 1 atom stereocenters. The number of methoxy groups -OCH3 is 1. The number of nitrogens with zero attached hydrogens (tertiary/aromatic N) is 3. The zero-order chi connectivity index (χ0) is 18.1. The molecular formula is C21H23N3O2. The van der Waals surface area contributed by atoms with Gasteiger partial charge in [-0.25, -0.2) is 4.98 Å². The Hall–Kier alpha value is -2.82. The van der Waals surface area contributed by atoms with Gasteiger partial charge in [-0.1, -0.05) is 31.2 Å². The van der Waals surface area contributed by atoms with Crippen molar-refractivity contribution in [1.29, 1.82) is 0 Å². The van der Waals surface area contributed by atoms with Gasteiger partial charge in [0.05, 0.1) is 23.8 Å². The van der Waals surface area contributed by atoms with Gasteiger partial charge in [-0.2, -0.15) is 0 Å². The molecule has 1 amide bonds. The number of imidazole rings is 1. The first-order chi connectivity index (χ1) is 12.7. The summed E-state index contributed by atoms with van der Waals surface area (Å²) in [5.41, 5.74) is 2.98. The number of para-hydroxylation sites is 4. The Balaban J connectivity index is 1.71. The monoisotopic (exact) mass is 349 g/mol. The number of anilines is 1. The van der Waals surface area contributed by atoms with Gasteiger partial charge in [0.25, 0.3) is 0 Å². The summed E-state index contributed by atoms with van der Waals surface area (Å²) in [6.07, 6.45) is 1.51.